The maximum atomic E-state index is 9.17. The maximum absolute atomic E-state index is 9.17. The predicted octanol–water partition coefficient (Wildman–Crippen LogP) is 4.40. The topological polar surface area (TPSA) is 52.6 Å². The molecule has 0 unspecified atom stereocenters. The van der Waals surface area contributed by atoms with E-state index in [1.165, 1.54) is 12.8 Å². The van der Waals surface area contributed by atoms with Gasteiger partial charge in [0.15, 0.2) is 6.29 Å². The van der Waals surface area contributed by atoms with E-state index in [1.807, 2.05) is 34.6 Å². The van der Waals surface area contributed by atoms with E-state index in [-0.39, 0.29) is 6.29 Å². The normalized spacial score (nSPS) is 8.20. The van der Waals surface area contributed by atoms with Gasteiger partial charge in [0.1, 0.15) is 12.6 Å². The number of aldehydes is 2. The van der Waals surface area contributed by atoms with Gasteiger partial charge in [-0.25, -0.2) is 0 Å². The number of rotatable bonds is 7. The van der Waals surface area contributed by atoms with Crippen LogP contribution in [0.4, 0.5) is 0 Å². The van der Waals surface area contributed by atoms with Gasteiger partial charge in [-0.1, -0.05) is 40.5 Å². The molecule has 0 atom stereocenters. The fraction of sp³-hybridized carbons (Fsp3) is 0.875. The van der Waals surface area contributed by atoms with Crippen molar-refractivity contribution in [2.45, 2.75) is 80.4 Å². The molecule has 0 saturated heterocycles. The second-order valence-electron chi connectivity index (χ2n) is 3.63. The largest absolute Gasteiger partial charge is 0.353 e. The first-order chi connectivity index (χ1) is 9.55. The first kappa shape index (κ1) is 27.6. The average molecular weight is 292 g/mol. The van der Waals surface area contributed by atoms with Crippen molar-refractivity contribution in [3.8, 4) is 0 Å². The van der Waals surface area contributed by atoms with Crippen LogP contribution in [0.3, 0.4) is 0 Å². The third-order valence-electron chi connectivity index (χ3n) is 1.64. The molecule has 0 fully saturated rings. The van der Waals surface area contributed by atoms with E-state index in [2.05, 4.69) is 13.8 Å². The molecule has 4 nitrogen and oxygen atoms in total. The van der Waals surface area contributed by atoms with Crippen molar-refractivity contribution in [2.24, 2.45) is 0 Å². The van der Waals surface area contributed by atoms with Crippen LogP contribution >= 0.6 is 0 Å². The third-order valence-corrected chi connectivity index (χ3v) is 1.64. The minimum atomic E-state index is -0.0370. The van der Waals surface area contributed by atoms with Crippen LogP contribution in [0.1, 0.15) is 74.1 Å². The maximum Gasteiger partial charge on any atom is 0.154 e. The Bertz CT molecular complexity index is 133. The van der Waals surface area contributed by atoms with E-state index in [9.17, 15) is 9.59 Å². The summed E-state index contributed by atoms with van der Waals surface area (Å²) in [6.07, 6.45) is 5.63. The number of ether oxygens (including phenoxy) is 2. The SMILES string of the molecule is CCC=O.CCC=O.CCCC.CCOC(C)OCC. The van der Waals surface area contributed by atoms with Gasteiger partial charge in [-0.3, -0.25) is 0 Å². The molecular formula is C16H36O4. The van der Waals surface area contributed by atoms with Crippen LogP contribution in [0.25, 0.3) is 0 Å². The van der Waals surface area contributed by atoms with Gasteiger partial charge in [-0.05, 0) is 20.8 Å². The fourth-order valence-electron chi connectivity index (χ4n) is 0.518. The van der Waals surface area contributed by atoms with E-state index in [0.717, 1.165) is 25.8 Å². The molecule has 0 N–H and O–H groups in total. The van der Waals surface area contributed by atoms with E-state index in [1.54, 1.807) is 0 Å². The molecule has 0 aliphatic rings. The molecule has 0 amide bonds. The number of carbonyl (C=O) groups is 2. The Morgan fingerprint density at radius 3 is 1.10 bits per heavy atom. The van der Waals surface area contributed by atoms with Gasteiger partial charge >= 0.3 is 0 Å². The van der Waals surface area contributed by atoms with Gasteiger partial charge in [0.2, 0.25) is 0 Å². The summed E-state index contributed by atoms with van der Waals surface area (Å²) in [5, 5.41) is 0. The monoisotopic (exact) mass is 292 g/mol. The van der Waals surface area contributed by atoms with Crippen LogP contribution in [-0.4, -0.2) is 32.1 Å². The fourth-order valence-corrected chi connectivity index (χ4v) is 0.518. The molecule has 0 aliphatic heterocycles. The van der Waals surface area contributed by atoms with Crippen molar-refractivity contribution >= 4 is 12.6 Å². The van der Waals surface area contributed by atoms with Gasteiger partial charge in [0.25, 0.3) is 0 Å². The molecule has 4 heteroatoms. The predicted molar refractivity (Wildman–Crippen MR) is 86.0 cm³/mol. The Morgan fingerprint density at radius 1 is 0.750 bits per heavy atom. The van der Waals surface area contributed by atoms with Crippen molar-refractivity contribution < 1.29 is 19.1 Å². The molecule has 20 heavy (non-hydrogen) atoms. The van der Waals surface area contributed by atoms with Crippen LogP contribution in [0, 0.1) is 0 Å². The van der Waals surface area contributed by atoms with Crippen LogP contribution in [0.2, 0.25) is 0 Å². The lowest BCUT2D eigenvalue weighted by Gasteiger charge is -2.09. The van der Waals surface area contributed by atoms with Gasteiger partial charge < -0.3 is 19.1 Å². The quantitative estimate of drug-likeness (QED) is 0.515. The highest BCUT2D eigenvalue weighted by atomic mass is 16.7. The molecule has 0 aromatic rings. The Kier molecular flexibility index (Phi) is 49.9. The van der Waals surface area contributed by atoms with Crippen molar-refractivity contribution in [3.63, 3.8) is 0 Å². The summed E-state index contributed by atoms with van der Waals surface area (Å²) in [6.45, 7) is 15.2. The number of unbranched alkanes of at least 4 members (excludes halogenated alkanes) is 1. The minimum absolute atomic E-state index is 0.0370. The van der Waals surface area contributed by atoms with Crippen LogP contribution < -0.4 is 0 Å². The molecule has 0 saturated carbocycles. The van der Waals surface area contributed by atoms with E-state index in [4.69, 9.17) is 9.47 Å². The Labute approximate surface area is 126 Å². The van der Waals surface area contributed by atoms with Crippen LogP contribution in [0.15, 0.2) is 0 Å². The number of hydrogen-bond donors (Lipinski definition) is 0. The second-order valence-corrected chi connectivity index (χ2v) is 3.63. The summed E-state index contributed by atoms with van der Waals surface area (Å²) in [4.78, 5) is 18.3. The lowest BCUT2D eigenvalue weighted by atomic mass is 10.4. The Hall–Kier alpha value is -0.740. The molecule has 0 spiro atoms. The highest BCUT2D eigenvalue weighted by molar-refractivity contribution is 5.48. The van der Waals surface area contributed by atoms with Crippen LogP contribution in [-0.2, 0) is 19.1 Å². The van der Waals surface area contributed by atoms with Crippen molar-refractivity contribution in [2.75, 3.05) is 13.2 Å². The first-order valence-corrected chi connectivity index (χ1v) is 7.66. The highest BCUT2D eigenvalue weighted by Crippen LogP contribution is 1.90. The van der Waals surface area contributed by atoms with Crippen molar-refractivity contribution in [3.05, 3.63) is 0 Å². The summed E-state index contributed by atoms with van der Waals surface area (Å²) < 4.78 is 10.1. The highest BCUT2D eigenvalue weighted by Gasteiger charge is 1.94. The standard InChI is InChI=1S/C6H14O2.C4H10.2C3H6O/c1-4-7-6(3)8-5-2;1-3-4-2;2*1-2-3-4/h6H,4-5H2,1-3H3;3-4H2,1-2H3;2*3H,2H2,1H3. The van der Waals surface area contributed by atoms with Gasteiger partial charge in [0, 0.05) is 26.1 Å². The molecule has 0 aliphatic carbocycles. The second kappa shape index (κ2) is 36.2. The molecule has 0 aromatic carbocycles. The number of carbonyl (C=O) groups excluding carboxylic acids is 2. The summed E-state index contributed by atoms with van der Waals surface area (Å²) in [5.74, 6) is 0. The molecular weight excluding hydrogens is 256 g/mol. The van der Waals surface area contributed by atoms with Gasteiger partial charge in [-0.2, -0.15) is 0 Å². The molecule has 0 radical (unpaired) electrons. The lowest BCUT2D eigenvalue weighted by molar-refractivity contribution is -0.123. The third kappa shape index (κ3) is 66.9. The Balaban J connectivity index is -0.0000000917. The summed E-state index contributed by atoms with van der Waals surface area (Å²) >= 11 is 0. The lowest BCUT2D eigenvalue weighted by Crippen LogP contribution is -2.11. The molecule has 0 aromatic heterocycles. The average Bonchev–Trinajstić information content (AvgIpc) is 2.48. The molecule has 0 heterocycles. The zero-order chi connectivity index (χ0) is 16.6. The smallest absolute Gasteiger partial charge is 0.154 e. The zero-order valence-electron chi connectivity index (χ0n) is 14.6. The Morgan fingerprint density at radius 2 is 1.00 bits per heavy atom. The first-order valence-electron chi connectivity index (χ1n) is 7.66. The summed E-state index contributed by atoms with van der Waals surface area (Å²) in [5.41, 5.74) is 0. The van der Waals surface area contributed by atoms with E-state index < -0.39 is 0 Å². The van der Waals surface area contributed by atoms with Crippen molar-refractivity contribution in [1.29, 1.82) is 0 Å². The van der Waals surface area contributed by atoms with E-state index in [0.29, 0.717) is 12.8 Å². The van der Waals surface area contributed by atoms with E-state index >= 15 is 0 Å². The minimum Gasteiger partial charge on any atom is -0.353 e. The molecule has 124 valence electrons. The van der Waals surface area contributed by atoms with Crippen molar-refractivity contribution in [1.82, 2.24) is 0 Å². The summed E-state index contributed by atoms with van der Waals surface area (Å²) in [7, 11) is 0. The summed E-state index contributed by atoms with van der Waals surface area (Å²) in [6, 6.07) is 0. The van der Waals surface area contributed by atoms with Gasteiger partial charge in [0.05, 0.1) is 0 Å². The molecule has 0 rings (SSSR count). The number of hydrogen-bond acceptors (Lipinski definition) is 4. The molecule has 0 bridgehead atoms. The zero-order valence-corrected chi connectivity index (χ0v) is 14.6. The van der Waals surface area contributed by atoms with Crippen LogP contribution in [0.5, 0.6) is 0 Å². The van der Waals surface area contributed by atoms with Gasteiger partial charge in [-0.15, -0.1) is 0 Å².